The van der Waals surface area contributed by atoms with Gasteiger partial charge in [-0.3, -0.25) is 0 Å². The molecule has 0 atom stereocenters. The number of benzene rings is 2. The molecule has 2 rings (SSSR count). The van der Waals surface area contributed by atoms with E-state index in [4.69, 9.17) is 16.3 Å². The predicted octanol–water partition coefficient (Wildman–Crippen LogP) is 4.24. The van der Waals surface area contributed by atoms with Crippen molar-refractivity contribution in [1.29, 1.82) is 0 Å². The molecule has 2 aromatic carbocycles. The standard InChI is InChI=1S/C16H17ClFNO.ClH/c1-20-16-7-6-14(17)10-13(16)11-19-9-8-12-4-2-3-5-15(12)18;/h2-7,10,19H,8-9,11H2,1H3;1H. The third kappa shape index (κ3) is 5.20. The van der Waals surface area contributed by atoms with Gasteiger partial charge < -0.3 is 10.1 Å². The van der Waals surface area contributed by atoms with Crippen LogP contribution in [-0.4, -0.2) is 13.7 Å². The van der Waals surface area contributed by atoms with E-state index in [1.165, 1.54) is 6.07 Å². The Morgan fingerprint density at radius 2 is 1.90 bits per heavy atom. The molecule has 0 spiro atoms. The van der Waals surface area contributed by atoms with Crippen LogP contribution >= 0.6 is 24.0 Å². The quantitative estimate of drug-likeness (QED) is 0.800. The van der Waals surface area contributed by atoms with E-state index in [0.717, 1.165) is 16.9 Å². The fraction of sp³-hybridized carbons (Fsp3) is 0.250. The second-order valence-electron chi connectivity index (χ2n) is 4.47. The van der Waals surface area contributed by atoms with Gasteiger partial charge >= 0.3 is 0 Å². The summed E-state index contributed by atoms with van der Waals surface area (Å²) in [6.07, 6.45) is 0.648. The third-order valence-corrected chi connectivity index (χ3v) is 3.32. The molecule has 0 aliphatic heterocycles. The Morgan fingerprint density at radius 3 is 2.62 bits per heavy atom. The summed E-state index contributed by atoms with van der Waals surface area (Å²) >= 11 is 5.97. The van der Waals surface area contributed by atoms with Crippen LogP contribution in [0.15, 0.2) is 42.5 Å². The molecule has 0 aromatic heterocycles. The molecule has 2 aromatic rings. The van der Waals surface area contributed by atoms with E-state index < -0.39 is 0 Å². The number of rotatable bonds is 6. The van der Waals surface area contributed by atoms with Gasteiger partial charge in [0, 0.05) is 17.1 Å². The largest absolute Gasteiger partial charge is 0.496 e. The van der Waals surface area contributed by atoms with Crippen molar-refractivity contribution >= 4 is 24.0 Å². The minimum absolute atomic E-state index is 0. The highest BCUT2D eigenvalue weighted by molar-refractivity contribution is 6.30. The van der Waals surface area contributed by atoms with Gasteiger partial charge in [0.2, 0.25) is 0 Å². The fourth-order valence-corrected chi connectivity index (χ4v) is 2.23. The van der Waals surface area contributed by atoms with Crippen molar-refractivity contribution in [2.24, 2.45) is 0 Å². The molecular formula is C16H18Cl2FNO. The first-order chi connectivity index (χ1) is 9.70. The molecule has 0 amide bonds. The lowest BCUT2D eigenvalue weighted by Crippen LogP contribution is -2.17. The SMILES string of the molecule is COc1ccc(Cl)cc1CNCCc1ccccc1F.Cl. The second kappa shape index (κ2) is 8.88. The van der Waals surface area contributed by atoms with Crippen LogP contribution in [0.25, 0.3) is 0 Å². The smallest absolute Gasteiger partial charge is 0.126 e. The zero-order valence-electron chi connectivity index (χ0n) is 11.7. The number of hydrogen-bond donors (Lipinski definition) is 1. The molecule has 2 nitrogen and oxygen atoms in total. The first kappa shape index (κ1) is 17.8. The van der Waals surface area contributed by atoms with Gasteiger partial charge in [-0.25, -0.2) is 4.39 Å². The highest BCUT2D eigenvalue weighted by Gasteiger charge is 2.04. The molecule has 114 valence electrons. The number of halogens is 3. The van der Waals surface area contributed by atoms with E-state index in [2.05, 4.69) is 5.32 Å². The van der Waals surface area contributed by atoms with Crippen molar-refractivity contribution in [2.75, 3.05) is 13.7 Å². The van der Waals surface area contributed by atoms with Gasteiger partial charge in [0.15, 0.2) is 0 Å². The highest BCUT2D eigenvalue weighted by Crippen LogP contribution is 2.22. The lowest BCUT2D eigenvalue weighted by Gasteiger charge is -2.10. The summed E-state index contributed by atoms with van der Waals surface area (Å²) in [4.78, 5) is 0. The summed E-state index contributed by atoms with van der Waals surface area (Å²) in [6.45, 7) is 1.33. The molecule has 21 heavy (non-hydrogen) atoms. The van der Waals surface area contributed by atoms with E-state index >= 15 is 0 Å². The molecule has 0 heterocycles. The molecule has 0 bridgehead atoms. The molecule has 0 saturated carbocycles. The van der Waals surface area contributed by atoms with Crippen LogP contribution in [0, 0.1) is 5.82 Å². The zero-order valence-corrected chi connectivity index (χ0v) is 13.3. The van der Waals surface area contributed by atoms with Crippen molar-refractivity contribution in [3.8, 4) is 5.75 Å². The van der Waals surface area contributed by atoms with Gasteiger partial charge in [-0.15, -0.1) is 12.4 Å². The number of nitrogens with one attached hydrogen (secondary N) is 1. The van der Waals surface area contributed by atoms with Gasteiger partial charge in [-0.1, -0.05) is 29.8 Å². The Bertz CT molecular complexity index is 578. The molecule has 0 unspecified atom stereocenters. The lowest BCUT2D eigenvalue weighted by atomic mass is 10.1. The average Bonchev–Trinajstić information content (AvgIpc) is 2.45. The van der Waals surface area contributed by atoms with Crippen LogP contribution < -0.4 is 10.1 Å². The minimum Gasteiger partial charge on any atom is -0.496 e. The van der Waals surface area contributed by atoms with Gasteiger partial charge in [0.25, 0.3) is 0 Å². The van der Waals surface area contributed by atoms with E-state index in [-0.39, 0.29) is 18.2 Å². The van der Waals surface area contributed by atoms with Gasteiger partial charge in [0.05, 0.1) is 7.11 Å². The van der Waals surface area contributed by atoms with Crippen LogP contribution in [0.3, 0.4) is 0 Å². The summed E-state index contributed by atoms with van der Waals surface area (Å²) in [6, 6.07) is 12.3. The summed E-state index contributed by atoms with van der Waals surface area (Å²) in [5, 5.41) is 3.95. The van der Waals surface area contributed by atoms with Crippen LogP contribution in [0.2, 0.25) is 5.02 Å². The topological polar surface area (TPSA) is 21.3 Å². The molecule has 0 radical (unpaired) electrons. The van der Waals surface area contributed by atoms with Crippen molar-refractivity contribution < 1.29 is 9.13 Å². The summed E-state index contributed by atoms with van der Waals surface area (Å²) in [5.74, 6) is 0.641. The zero-order chi connectivity index (χ0) is 14.4. The lowest BCUT2D eigenvalue weighted by molar-refractivity contribution is 0.408. The fourth-order valence-electron chi connectivity index (χ4n) is 2.03. The number of methoxy groups -OCH3 is 1. The Labute approximate surface area is 135 Å². The maximum atomic E-state index is 13.4. The van der Waals surface area contributed by atoms with E-state index in [0.29, 0.717) is 24.5 Å². The Kier molecular flexibility index (Phi) is 7.51. The van der Waals surface area contributed by atoms with Gasteiger partial charge in [0.1, 0.15) is 11.6 Å². The number of ether oxygens (including phenoxy) is 1. The normalized spacial score (nSPS) is 10.0. The maximum absolute atomic E-state index is 13.4. The molecule has 5 heteroatoms. The van der Waals surface area contributed by atoms with Gasteiger partial charge in [-0.2, -0.15) is 0 Å². The second-order valence-corrected chi connectivity index (χ2v) is 4.91. The highest BCUT2D eigenvalue weighted by atomic mass is 35.5. The van der Waals surface area contributed by atoms with E-state index in [1.54, 1.807) is 25.3 Å². The molecular weight excluding hydrogens is 312 g/mol. The molecule has 0 aliphatic carbocycles. The molecule has 0 saturated heterocycles. The Morgan fingerprint density at radius 1 is 1.14 bits per heavy atom. The van der Waals surface area contributed by atoms with Crippen molar-refractivity contribution in [2.45, 2.75) is 13.0 Å². The maximum Gasteiger partial charge on any atom is 0.126 e. The average molecular weight is 330 g/mol. The third-order valence-electron chi connectivity index (χ3n) is 3.09. The first-order valence-corrected chi connectivity index (χ1v) is 6.85. The van der Waals surface area contributed by atoms with Crippen LogP contribution in [0.5, 0.6) is 5.75 Å². The Hall–Kier alpha value is -1.29. The van der Waals surface area contributed by atoms with Crippen LogP contribution in [0.4, 0.5) is 4.39 Å². The summed E-state index contributed by atoms with van der Waals surface area (Å²) in [7, 11) is 1.63. The van der Waals surface area contributed by atoms with Crippen LogP contribution in [-0.2, 0) is 13.0 Å². The number of hydrogen-bond acceptors (Lipinski definition) is 2. The molecule has 0 aliphatic rings. The van der Waals surface area contributed by atoms with Crippen molar-refractivity contribution in [1.82, 2.24) is 5.32 Å². The monoisotopic (exact) mass is 329 g/mol. The summed E-state index contributed by atoms with van der Waals surface area (Å²) < 4.78 is 18.7. The molecule has 0 fully saturated rings. The van der Waals surface area contributed by atoms with Crippen molar-refractivity contribution in [3.63, 3.8) is 0 Å². The predicted molar refractivity (Wildman–Crippen MR) is 87.1 cm³/mol. The van der Waals surface area contributed by atoms with Crippen LogP contribution in [0.1, 0.15) is 11.1 Å². The van der Waals surface area contributed by atoms with E-state index in [9.17, 15) is 4.39 Å². The Balaban J connectivity index is 0.00000220. The first-order valence-electron chi connectivity index (χ1n) is 6.47. The van der Waals surface area contributed by atoms with Gasteiger partial charge in [-0.05, 0) is 42.8 Å². The summed E-state index contributed by atoms with van der Waals surface area (Å²) in [5.41, 5.74) is 1.71. The van der Waals surface area contributed by atoms with E-state index in [1.807, 2.05) is 18.2 Å². The molecule has 1 N–H and O–H groups in total. The van der Waals surface area contributed by atoms with Crippen molar-refractivity contribution in [3.05, 3.63) is 64.4 Å². The minimum atomic E-state index is -0.158.